The molecule has 0 bridgehead atoms. The Morgan fingerprint density at radius 3 is 2.40 bits per heavy atom. The van der Waals surface area contributed by atoms with Gasteiger partial charge in [-0.3, -0.25) is 4.79 Å². The average Bonchev–Trinajstić information content (AvgIpc) is 3.32. The van der Waals surface area contributed by atoms with Gasteiger partial charge in [-0.25, -0.2) is 4.98 Å². The highest BCUT2D eigenvalue weighted by atomic mass is 16.5. The summed E-state index contributed by atoms with van der Waals surface area (Å²) in [4.78, 5) is 17.5. The van der Waals surface area contributed by atoms with E-state index in [1.165, 1.54) is 16.7 Å². The molecule has 204 valence electrons. The Hall–Kier alpha value is -4.38. The van der Waals surface area contributed by atoms with Crippen molar-refractivity contribution < 1.29 is 9.53 Å². The number of nitrogens with zero attached hydrogens (tertiary/aromatic N) is 2. The van der Waals surface area contributed by atoms with Gasteiger partial charge >= 0.3 is 0 Å². The van der Waals surface area contributed by atoms with E-state index >= 15 is 0 Å². The summed E-state index contributed by atoms with van der Waals surface area (Å²) < 4.78 is 8.32. The zero-order valence-electron chi connectivity index (χ0n) is 23.4. The fourth-order valence-corrected chi connectivity index (χ4v) is 5.09. The first-order valence-electron chi connectivity index (χ1n) is 14.1. The van der Waals surface area contributed by atoms with E-state index < -0.39 is 0 Å². The second-order valence-corrected chi connectivity index (χ2v) is 10.3. The molecule has 0 atom stereocenters. The zero-order valence-corrected chi connectivity index (χ0v) is 23.4. The van der Waals surface area contributed by atoms with Crippen LogP contribution in [-0.2, 0) is 24.2 Å². The summed E-state index contributed by atoms with van der Waals surface area (Å²) >= 11 is 0. The van der Waals surface area contributed by atoms with Crippen molar-refractivity contribution in [2.75, 3.05) is 13.2 Å². The minimum Gasteiger partial charge on any atom is -0.493 e. The highest BCUT2D eigenvalue weighted by Gasteiger charge is 2.11. The van der Waals surface area contributed by atoms with Crippen molar-refractivity contribution in [1.29, 1.82) is 0 Å². The molecule has 1 amide bonds. The maximum atomic E-state index is 12.7. The van der Waals surface area contributed by atoms with Gasteiger partial charge in [0.2, 0.25) is 5.91 Å². The Labute approximate surface area is 236 Å². The number of amides is 1. The van der Waals surface area contributed by atoms with Crippen LogP contribution in [0.2, 0.25) is 0 Å². The second kappa shape index (κ2) is 13.1. The van der Waals surface area contributed by atoms with Gasteiger partial charge in [0.15, 0.2) is 0 Å². The summed E-state index contributed by atoms with van der Waals surface area (Å²) in [5.74, 6) is 1.99. The van der Waals surface area contributed by atoms with Gasteiger partial charge < -0.3 is 14.6 Å². The number of hydrogen-bond donors (Lipinski definition) is 1. The molecular formula is C35H37N3O2. The van der Waals surface area contributed by atoms with E-state index in [1.807, 2.05) is 36.4 Å². The van der Waals surface area contributed by atoms with Crippen LogP contribution in [0, 0.1) is 13.8 Å². The Kier molecular flexibility index (Phi) is 8.92. The molecule has 5 heteroatoms. The quantitative estimate of drug-likeness (QED) is 0.175. The van der Waals surface area contributed by atoms with Gasteiger partial charge in [0.25, 0.3) is 0 Å². The molecule has 0 saturated carbocycles. The fraction of sp³-hybridized carbons (Fsp3) is 0.257. The molecule has 0 saturated heterocycles. The molecule has 1 aromatic heterocycles. The molecule has 0 aliphatic heterocycles. The van der Waals surface area contributed by atoms with E-state index in [-0.39, 0.29) is 5.91 Å². The third-order valence-electron chi connectivity index (χ3n) is 7.19. The predicted octanol–water partition coefficient (Wildman–Crippen LogP) is 7.08. The molecule has 0 aliphatic rings. The molecule has 4 aromatic carbocycles. The summed E-state index contributed by atoms with van der Waals surface area (Å²) in [6.07, 6.45) is 3.00. The minimum absolute atomic E-state index is 0.0265. The number of para-hydroxylation sites is 2. The number of imidazole rings is 1. The maximum absolute atomic E-state index is 12.7. The van der Waals surface area contributed by atoms with Crippen molar-refractivity contribution in [3.05, 3.63) is 120 Å². The van der Waals surface area contributed by atoms with Gasteiger partial charge in [0.05, 0.1) is 24.1 Å². The summed E-state index contributed by atoms with van der Waals surface area (Å²) in [6, 6.07) is 33.0. The van der Waals surface area contributed by atoms with Gasteiger partial charge in [0.1, 0.15) is 11.6 Å². The molecule has 1 N–H and O–H groups in total. The van der Waals surface area contributed by atoms with Crippen molar-refractivity contribution in [2.24, 2.45) is 0 Å². The fourth-order valence-electron chi connectivity index (χ4n) is 5.09. The number of fused-ring (bicyclic) bond motifs is 1. The molecule has 0 unspecified atom stereocenters. The third-order valence-corrected chi connectivity index (χ3v) is 7.19. The minimum atomic E-state index is 0.0265. The third kappa shape index (κ3) is 6.97. The molecule has 1 heterocycles. The van der Waals surface area contributed by atoms with Crippen LogP contribution in [0.15, 0.2) is 97.1 Å². The summed E-state index contributed by atoms with van der Waals surface area (Å²) in [5, 5.41) is 3.09. The number of rotatable bonds is 12. The molecule has 40 heavy (non-hydrogen) atoms. The highest BCUT2D eigenvalue weighted by molar-refractivity contribution is 5.79. The maximum Gasteiger partial charge on any atom is 0.224 e. The lowest BCUT2D eigenvalue weighted by atomic mass is 10.0. The number of aryl methyl sites for hydroxylation is 3. The molecule has 5 nitrogen and oxygen atoms in total. The van der Waals surface area contributed by atoms with Crippen molar-refractivity contribution in [1.82, 2.24) is 14.9 Å². The van der Waals surface area contributed by atoms with E-state index in [0.717, 1.165) is 53.1 Å². The Morgan fingerprint density at radius 2 is 1.60 bits per heavy atom. The SMILES string of the molecule is Cc1ccc(OCCCCn2c(CCNC(=O)Cc3ccc(-c4ccccc4)cc3)nc3ccccc32)c(C)c1. The predicted molar refractivity (Wildman–Crippen MR) is 163 cm³/mol. The molecule has 0 spiro atoms. The lowest BCUT2D eigenvalue weighted by Crippen LogP contribution is -2.28. The number of hydrogen-bond acceptors (Lipinski definition) is 3. The van der Waals surface area contributed by atoms with Crippen molar-refractivity contribution >= 4 is 16.9 Å². The van der Waals surface area contributed by atoms with Crippen LogP contribution in [0.4, 0.5) is 0 Å². The number of ether oxygens (including phenoxy) is 1. The number of nitrogens with one attached hydrogen (secondary N) is 1. The molecule has 5 rings (SSSR count). The Morgan fingerprint density at radius 1 is 0.850 bits per heavy atom. The first kappa shape index (κ1) is 27.2. The Bertz CT molecular complexity index is 1560. The lowest BCUT2D eigenvalue weighted by Gasteiger charge is -2.12. The molecule has 5 aromatic rings. The van der Waals surface area contributed by atoms with Crippen LogP contribution in [-0.4, -0.2) is 28.6 Å². The first-order valence-corrected chi connectivity index (χ1v) is 14.1. The topological polar surface area (TPSA) is 56.1 Å². The van der Waals surface area contributed by atoms with Gasteiger partial charge in [-0.15, -0.1) is 0 Å². The van der Waals surface area contributed by atoms with Crippen molar-refractivity contribution in [3.63, 3.8) is 0 Å². The number of aromatic nitrogens is 2. The van der Waals surface area contributed by atoms with Crippen molar-refractivity contribution in [3.8, 4) is 16.9 Å². The van der Waals surface area contributed by atoms with Crippen LogP contribution in [0.25, 0.3) is 22.2 Å². The zero-order chi connectivity index (χ0) is 27.7. The van der Waals surface area contributed by atoms with E-state index in [1.54, 1.807) is 0 Å². The first-order chi connectivity index (χ1) is 19.6. The highest BCUT2D eigenvalue weighted by Crippen LogP contribution is 2.21. The van der Waals surface area contributed by atoms with Crippen LogP contribution >= 0.6 is 0 Å². The van der Waals surface area contributed by atoms with E-state index in [9.17, 15) is 4.79 Å². The normalized spacial score (nSPS) is 11.1. The Balaban J connectivity index is 1.12. The smallest absolute Gasteiger partial charge is 0.224 e. The van der Waals surface area contributed by atoms with Crippen LogP contribution < -0.4 is 10.1 Å². The van der Waals surface area contributed by atoms with Crippen LogP contribution in [0.3, 0.4) is 0 Å². The molecule has 0 fully saturated rings. The van der Waals surface area contributed by atoms with E-state index in [2.05, 4.69) is 84.4 Å². The van der Waals surface area contributed by atoms with Gasteiger partial charge in [-0.1, -0.05) is 84.4 Å². The summed E-state index contributed by atoms with van der Waals surface area (Å²) in [5.41, 5.74) is 7.89. The number of benzene rings is 4. The van der Waals surface area contributed by atoms with E-state index in [4.69, 9.17) is 9.72 Å². The van der Waals surface area contributed by atoms with Crippen LogP contribution in [0.5, 0.6) is 5.75 Å². The summed E-state index contributed by atoms with van der Waals surface area (Å²) in [7, 11) is 0. The summed E-state index contributed by atoms with van der Waals surface area (Å²) in [6.45, 7) is 6.30. The molecule has 0 radical (unpaired) electrons. The van der Waals surface area contributed by atoms with Gasteiger partial charge in [-0.05, 0) is 67.1 Å². The second-order valence-electron chi connectivity index (χ2n) is 10.3. The number of carbonyl (C=O) groups excluding carboxylic acids is 1. The molecule has 0 aliphatic carbocycles. The largest absolute Gasteiger partial charge is 0.493 e. The number of unbranched alkanes of at least 4 members (excludes halogenated alkanes) is 1. The van der Waals surface area contributed by atoms with Gasteiger partial charge in [-0.2, -0.15) is 0 Å². The number of carbonyl (C=O) groups is 1. The monoisotopic (exact) mass is 531 g/mol. The average molecular weight is 532 g/mol. The van der Waals surface area contributed by atoms with Crippen molar-refractivity contribution in [2.45, 2.75) is 46.1 Å². The standard InChI is InChI=1S/C35H37N3O2/c1-26-14-19-33(27(2)24-26)40-23-9-8-22-38-32-13-7-6-12-31(32)37-34(38)20-21-36-35(39)25-28-15-17-30(18-16-28)29-10-4-3-5-11-29/h3-7,10-19,24H,8-9,20-23,25H2,1-2H3,(H,36,39). The van der Waals surface area contributed by atoms with E-state index in [0.29, 0.717) is 26.0 Å². The molecular weight excluding hydrogens is 494 g/mol. The van der Waals surface area contributed by atoms with Gasteiger partial charge in [0, 0.05) is 19.5 Å². The van der Waals surface area contributed by atoms with Crippen LogP contribution in [0.1, 0.15) is 35.4 Å². The lowest BCUT2D eigenvalue weighted by molar-refractivity contribution is -0.120.